The molecule has 0 aliphatic carbocycles. The van der Waals surface area contributed by atoms with E-state index in [0.717, 1.165) is 18.2 Å². The molecular weight excluding hydrogens is 233 g/mol. The summed E-state index contributed by atoms with van der Waals surface area (Å²) >= 11 is 0. The maximum atomic E-state index is 12.4. The third kappa shape index (κ3) is 2.59. The van der Waals surface area contributed by atoms with E-state index in [1.54, 1.807) is 6.07 Å². The minimum absolute atomic E-state index is 0.0736. The molecule has 0 amide bonds. The first-order valence-corrected chi connectivity index (χ1v) is 3.90. The van der Waals surface area contributed by atoms with Crippen molar-refractivity contribution in [3.8, 4) is 11.8 Å². The Hall–Kier alpha value is -1.84. The van der Waals surface area contributed by atoms with Crippen LogP contribution in [0.3, 0.4) is 0 Å². The van der Waals surface area contributed by atoms with Crippen molar-refractivity contribution in [1.29, 1.82) is 5.26 Å². The van der Waals surface area contributed by atoms with Crippen molar-refractivity contribution < 1.29 is 26.7 Å². The fraction of sp³-hybridized carbons (Fsp3) is 0.222. The van der Waals surface area contributed by atoms with Crippen molar-refractivity contribution in [2.75, 3.05) is 0 Å². The van der Waals surface area contributed by atoms with Crippen molar-refractivity contribution in [2.45, 2.75) is 12.3 Å². The van der Waals surface area contributed by atoms with E-state index in [-0.39, 0.29) is 5.56 Å². The lowest BCUT2D eigenvalue weighted by Crippen LogP contribution is -2.41. The first-order valence-electron chi connectivity index (χ1n) is 3.90. The van der Waals surface area contributed by atoms with Crippen molar-refractivity contribution in [1.82, 2.24) is 0 Å². The Kier molecular flexibility index (Phi) is 3.03. The average molecular weight is 237 g/mol. The van der Waals surface area contributed by atoms with Gasteiger partial charge in [0.2, 0.25) is 0 Å². The summed E-state index contributed by atoms with van der Waals surface area (Å²) < 4.78 is 63.6. The molecule has 1 aromatic rings. The van der Waals surface area contributed by atoms with Crippen molar-refractivity contribution in [3.63, 3.8) is 0 Å². The van der Waals surface area contributed by atoms with E-state index in [2.05, 4.69) is 4.74 Å². The second-order valence-corrected chi connectivity index (χ2v) is 2.76. The molecule has 2 nitrogen and oxygen atoms in total. The standard InChI is InChI=1S/C9H4F5NO/c10-8(11,12)9(13,14)16-7-3-1-2-6(4-7)5-15/h1-4H. The lowest BCUT2D eigenvalue weighted by atomic mass is 10.2. The highest BCUT2D eigenvalue weighted by Crippen LogP contribution is 2.37. The van der Waals surface area contributed by atoms with Crippen LogP contribution < -0.4 is 4.74 Å². The quantitative estimate of drug-likeness (QED) is 0.740. The first kappa shape index (κ1) is 12.2. The Morgan fingerprint density at radius 1 is 1.12 bits per heavy atom. The summed E-state index contributed by atoms with van der Waals surface area (Å²) in [5.41, 5.74) is -0.0736. The van der Waals surface area contributed by atoms with E-state index < -0.39 is 18.0 Å². The van der Waals surface area contributed by atoms with Gasteiger partial charge < -0.3 is 4.74 Å². The smallest absolute Gasteiger partial charge is 0.426 e. The molecule has 0 saturated heterocycles. The average Bonchev–Trinajstić information content (AvgIpc) is 2.15. The second kappa shape index (κ2) is 3.96. The molecule has 0 radical (unpaired) electrons. The molecular formula is C9H4F5NO. The van der Waals surface area contributed by atoms with Crippen molar-refractivity contribution >= 4 is 0 Å². The Morgan fingerprint density at radius 2 is 1.75 bits per heavy atom. The van der Waals surface area contributed by atoms with Gasteiger partial charge in [-0.3, -0.25) is 0 Å². The van der Waals surface area contributed by atoms with Crippen LogP contribution in [0.4, 0.5) is 22.0 Å². The monoisotopic (exact) mass is 237 g/mol. The minimum Gasteiger partial charge on any atom is -0.426 e. The fourth-order valence-electron chi connectivity index (χ4n) is 0.835. The third-order valence-corrected chi connectivity index (χ3v) is 1.54. The molecule has 86 valence electrons. The van der Waals surface area contributed by atoms with Gasteiger partial charge in [-0.2, -0.15) is 27.2 Å². The highest BCUT2D eigenvalue weighted by molar-refractivity contribution is 5.36. The van der Waals surface area contributed by atoms with Gasteiger partial charge >= 0.3 is 12.3 Å². The number of nitrogens with zero attached hydrogens (tertiary/aromatic N) is 1. The van der Waals surface area contributed by atoms with Gasteiger partial charge in [-0.05, 0) is 18.2 Å². The zero-order valence-corrected chi connectivity index (χ0v) is 7.55. The molecule has 0 heterocycles. The van der Waals surface area contributed by atoms with Gasteiger partial charge in [0, 0.05) is 0 Å². The Bertz CT molecular complexity index is 421. The fourth-order valence-corrected chi connectivity index (χ4v) is 0.835. The molecule has 0 aliphatic heterocycles. The molecule has 0 N–H and O–H groups in total. The van der Waals surface area contributed by atoms with Gasteiger partial charge in [-0.15, -0.1) is 0 Å². The SMILES string of the molecule is N#Cc1cccc(OC(F)(F)C(F)(F)F)c1. The summed E-state index contributed by atoms with van der Waals surface area (Å²) in [6, 6.07) is 5.67. The Balaban J connectivity index is 2.93. The van der Waals surface area contributed by atoms with Crippen LogP contribution in [0, 0.1) is 11.3 Å². The molecule has 0 fully saturated rings. The van der Waals surface area contributed by atoms with E-state index in [9.17, 15) is 22.0 Å². The van der Waals surface area contributed by atoms with E-state index >= 15 is 0 Å². The van der Waals surface area contributed by atoms with Crippen LogP contribution in [0.25, 0.3) is 0 Å². The summed E-state index contributed by atoms with van der Waals surface area (Å²) in [4.78, 5) is 0. The molecule has 16 heavy (non-hydrogen) atoms. The summed E-state index contributed by atoms with van der Waals surface area (Å²) in [6.45, 7) is 0. The maximum Gasteiger partial charge on any atom is 0.499 e. The predicted molar refractivity (Wildman–Crippen MR) is 42.8 cm³/mol. The van der Waals surface area contributed by atoms with Gasteiger partial charge in [-0.25, -0.2) is 0 Å². The van der Waals surface area contributed by atoms with Crippen LogP contribution in [-0.2, 0) is 0 Å². The van der Waals surface area contributed by atoms with E-state index in [4.69, 9.17) is 5.26 Å². The maximum absolute atomic E-state index is 12.4. The number of rotatable bonds is 2. The molecule has 0 aliphatic rings. The lowest BCUT2D eigenvalue weighted by Gasteiger charge is -2.20. The molecule has 0 unspecified atom stereocenters. The highest BCUT2D eigenvalue weighted by atomic mass is 19.4. The zero-order valence-electron chi connectivity index (χ0n) is 7.55. The van der Waals surface area contributed by atoms with Gasteiger partial charge in [0.05, 0.1) is 11.6 Å². The van der Waals surface area contributed by atoms with Gasteiger partial charge in [0.25, 0.3) is 0 Å². The number of ether oxygens (including phenoxy) is 1. The molecule has 0 atom stereocenters. The molecule has 0 aromatic heterocycles. The number of nitriles is 1. The van der Waals surface area contributed by atoms with Gasteiger partial charge in [0.15, 0.2) is 0 Å². The largest absolute Gasteiger partial charge is 0.499 e. The second-order valence-electron chi connectivity index (χ2n) is 2.76. The zero-order chi connectivity index (χ0) is 12.4. The molecule has 1 aromatic carbocycles. The van der Waals surface area contributed by atoms with Crippen LogP contribution in [0.1, 0.15) is 5.56 Å². The van der Waals surface area contributed by atoms with E-state index in [0.29, 0.717) is 0 Å². The summed E-state index contributed by atoms with van der Waals surface area (Å²) in [7, 11) is 0. The highest BCUT2D eigenvalue weighted by Gasteiger charge is 2.61. The van der Waals surface area contributed by atoms with Gasteiger partial charge in [-0.1, -0.05) is 6.07 Å². The minimum atomic E-state index is -5.80. The third-order valence-electron chi connectivity index (χ3n) is 1.54. The van der Waals surface area contributed by atoms with E-state index in [1.165, 1.54) is 6.07 Å². The van der Waals surface area contributed by atoms with Crippen molar-refractivity contribution in [3.05, 3.63) is 29.8 Å². The van der Waals surface area contributed by atoms with E-state index in [1.807, 2.05) is 0 Å². The number of halogens is 5. The topological polar surface area (TPSA) is 33.0 Å². The number of benzene rings is 1. The van der Waals surface area contributed by atoms with Crippen LogP contribution in [0.5, 0.6) is 5.75 Å². The molecule has 0 saturated carbocycles. The lowest BCUT2D eigenvalue weighted by molar-refractivity contribution is -0.360. The Morgan fingerprint density at radius 3 is 2.25 bits per heavy atom. The van der Waals surface area contributed by atoms with Crippen LogP contribution in [-0.4, -0.2) is 12.3 Å². The summed E-state index contributed by atoms with van der Waals surface area (Å²) in [6.07, 6.45) is -11.1. The molecule has 0 spiro atoms. The molecule has 0 bridgehead atoms. The van der Waals surface area contributed by atoms with Crippen molar-refractivity contribution in [2.24, 2.45) is 0 Å². The van der Waals surface area contributed by atoms with Crippen LogP contribution in [0.2, 0.25) is 0 Å². The first-order chi connectivity index (χ1) is 7.26. The normalized spacial score (nSPS) is 12.0. The van der Waals surface area contributed by atoms with Crippen LogP contribution >= 0.6 is 0 Å². The molecule has 7 heteroatoms. The number of hydrogen-bond acceptors (Lipinski definition) is 2. The number of hydrogen-bond donors (Lipinski definition) is 0. The predicted octanol–water partition coefficient (Wildman–Crippen LogP) is 3.09. The van der Waals surface area contributed by atoms with Crippen LogP contribution in [0.15, 0.2) is 24.3 Å². The summed E-state index contributed by atoms with van der Waals surface area (Å²) in [5.74, 6) is -0.721. The number of alkyl halides is 5. The Labute approximate surface area is 86.9 Å². The van der Waals surface area contributed by atoms with Gasteiger partial charge in [0.1, 0.15) is 5.75 Å². The molecule has 1 rings (SSSR count). The summed E-state index contributed by atoms with van der Waals surface area (Å²) in [5, 5.41) is 8.40.